The second-order valence-corrected chi connectivity index (χ2v) is 5.87. The third-order valence-corrected chi connectivity index (χ3v) is 4.00. The molecular formula is C14H17BrClF2NO3. The minimum atomic E-state index is -2.90. The highest BCUT2D eigenvalue weighted by Gasteiger charge is 2.29. The van der Waals surface area contributed by atoms with Gasteiger partial charge in [0.15, 0.2) is 0 Å². The van der Waals surface area contributed by atoms with E-state index >= 15 is 0 Å². The number of halogens is 4. The van der Waals surface area contributed by atoms with Crippen molar-refractivity contribution in [2.45, 2.75) is 38.5 Å². The molecule has 1 saturated heterocycles. The minimum absolute atomic E-state index is 0. The van der Waals surface area contributed by atoms with E-state index in [2.05, 4.69) is 20.7 Å². The number of likely N-dealkylation sites (tertiary alicyclic amines) is 1. The Morgan fingerprint density at radius 3 is 2.82 bits per heavy atom. The number of nitrogens with zero attached hydrogens (tertiary/aromatic N) is 1. The van der Waals surface area contributed by atoms with Crippen molar-refractivity contribution in [3.8, 4) is 5.75 Å². The number of hydrogen-bond donors (Lipinski definition) is 1. The van der Waals surface area contributed by atoms with Gasteiger partial charge in [0.1, 0.15) is 11.8 Å². The highest BCUT2D eigenvalue weighted by Crippen LogP contribution is 2.28. The van der Waals surface area contributed by atoms with Gasteiger partial charge in [0.25, 0.3) is 0 Å². The van der Waals surface area contributed by atoms with Crippen LogP contribution in [0.1, 0.15) is 24.8 Å². The summed E-state index contributed by atoms with van der Waals surface area (Å²) in [6.45, 7) is -1.99. The molecule has 124 valence electrons. The maximum Gasteiger partial charge on any atom is 0.387 e. The van der Waals surface area contributed by atoms with E-state index in [1.165, 1.54) is 6.07 Å². The van der Waals surface area contributed by atoms with Crippen LogP contribution in [0.2, 0.25) is 0 Å². The molecule has 1 unspecified atom stereocenters. The van der Waals surface area contributed by atoms with Crippen molar-refractivity contribution in [2.24, 2.45) is 0 Å². The summed E-state index contributed by atoms with van der Waals surface area (Å²) >= 11 is 3.29. The first-order valence-corrected chi connectivity index (χ1v) is 7.47. The molecule has 1 fully saturated rings. The summed E-state index contributed by atoms with van der Waals surface area (Å²) in [6, 6.07) is 4.19. The number of carbonyl (C=O) groups is 1. The quantitative estimate of drug-likeness (QED) is 0.814. The lowest BCUT2D eigenvalue weighted by molar-refractivity contribution is -0.144. The highest BCUT2D eigenvalue weighted by molar-refractivity contribution is 9.10. The van der Waals surface area contributed by atoms with Gasteiger partial charge in [0.05, 0.1) is 0 Å². The Kier molecular flexibility index (Phi) is 7.52. The number of carboxylic acid groups (broad SMARTS) is 1. The van der Waals surface area contributed by atoms with Crippen molar-refractivity contribution < 1.29 is 23.4 Å². The van der Waals surface area contributed by atoms with E-state index < -0.39 is 18.6 Å². The van der Waals surface area contributed by atoms with Crippen LogP contribution in [0, 0.1) is 0 Å². The molecule has 22 heavy (non-hydrogen) atoms. The molecule has 1 aliphatic heterocycles. The molecular weight excluding hydrogens is 384 g/mol. The van der Waals surface area contributed by atoms with Crippen LogP contribution in [0.3, 0.4) is 0 Å². The average Bonchev–Trinajstić information content (AvgIpc) is 2.42. The van der Waals surface area contributed by atoms with Crippen molar-refractivity contribution in [3.63, 3.8) is 0 Å². The number of hydrogen-bond acceptors (Lipinski definition) is 3. The third-order valence-electron chi connectivity index (χ3n) is 3.51. The molecule has 0 saturated carbocycles. The first-order valence-electron chi connectivity index (χ1n) is 6.67. The van der Waals surface area contributed by atoms with Gasteiger partial charge in [-0.3, -0.25) is 9.69 Å². The summed E-state index contributed by atoms with van der Waals surface area (Å²) < 4.78 is 30.1. The molecule has 0 aliphatic carbocycles. The number of carboxylic acids is 1. The molecule has 1 atom stereocenters. The standard InChI is InChI=1S/C14H16BrF2NO3.ClH/c15-10-4-5-12(21-14(16)17)9(7-10)8-18-6-2-1-3-11(18)13(19)20;/h4-5,7,11,14H,1-3,6,8H2,(H,19,20);1H. The summed E-state index contributed by atoms with van der Waals surface area (Å²) in [7, 11) is 0. The topological polar surface area (TPSA) is 49.8 Å². The van der Waals surface area contributed by atoms with E-state index in [1.807, 2.05) is 0 Å². The number of benzene rings is 1. The van der Waals surface area contributed by atoms with Crippen LogP contribution in [0.4, 0.5) is 8.78 Å². The summed E-state index contributed by atoms with van der Waals surface area (Å²) in [6.07, 6.45) is 2.35. The number of ether oxygens (including phenoxy) is 1. The predicted octanol–water partition coefficient (Wildman–Crippen LogP) is 3.91. The monoisotopic (exact) mass is 399 g/mol. The first-order chi connectivity index (χ1) is 9.97. The lowest BCUT2D eigenvalue weighted by Gasteiger charge is -2.33. The summed E-state index contributed by atoms with van der Waals surface area (Å²) in [5, 5.41) is 9.25. The van der Waals surface area contributed by atoms with Crippen molar-refractivity contribution in [3.05, 3.63) is 28.2 Å². The van der Waals surface area contributed by atoms with E-state index in [4.69, 9.17) is 0 Å². The molecule has 1 aromatic rings. The van der Waals surface area contributed by atoms with E-state index in [-0.39, 0.29) is 24.7 Å². The molecule has 1 aliphatic rings. The van der Waals surface area contributed by atoms with Gasteiger partial charge in [-0.1, -0.05) is 22.4 Å². The smallest absolute Gasteiger partial charge is 0.387 e. The zero-order valence-electron chi connectivity index (χ0n) is 11.7. The number of alkyl halides is 2. The molecule has 1 aromatic carbocycles. The Balaban J connectivity index is 0.00000242. The Morgan fingerprint density at radius 2 is 2.18 bits per heavy atom. The van der Waals surface area contributed by atoms with E-state index in [9.17, 15) is 18.7 Å². The van der Waals surface area contributed by atoms with Crippen molar-refractivity contribution >= 4 is 34.3 Å². The maximum atomic E-state index is 12.4. The molecule has 1 heterocycles. The minimum Gasteiger partial charge on any atom is -0.480 e. The number of rotatable bonds is 5. The van der Waals surface area contributed by atoms with E-state index in [0.717, 1.165) is 17.3 Å². The van der Waals surface area contributed by atoms with Crippen LogP contribution in [-0.2, 0) is 11.3 Å². The van der Waals surface area contributed by atoms with Crippen molar-refractivity contribution in [2.75, 3.05) is 6.54 Å². The van der Waals surface area contributed by atoms with Gasteiger partial charge in [0, 0.05) is 16.6 Å². The Morgan fingerprint density at radius 1 is 1.45 bits per heavy atom. The van der Waals surface area contributed by atoms with Crippen LogP contribution >= 0.6 is 28.3 Å². The lowest BCUT2D eigenvalue weighted by atomic mass is 10.0. The van der Waals surface area contributed by atoms with Crippen LogP contribution < -0.4 is 4.74 Å². The van der Waals surface area contributed by atoms with Gasteiger partial charge >= 0.3 is 12.6 Å². The molecule has 2 rings (SSSR count). The second kappa shape index (κ2) is 8.64. The third kappa shape index (κ3) is 5.07. The molecule has 0 amide bonds. The summed E-state index contributed by atoms with van der Waals surface area (Å²) in [5.74, 6) is -0.788. The average molecular weight is 401 g/mol. The largest absolute Gasteiger partial charge is 0.480 e. The fraction of sp³-hybridized carbons (Fsp3) is 0.500. The summed E-state index contributed by atoms with van der Waals surface area (Å²) in [4.78, 5) is 13.1. The molecule has 1 N–H and O–H groups in total. The Bertz CT molecular complexity index is 519. The lowest BCUT2D eigenvalue weighted by Crippen LogP contribution is -2.44. The number of aliphatic carboxylic acids is 1. The van der Waals surface area contributed by atoms with Gasteiger partial charge in [-0.05, 0) is 37.6 Å². The van der Waals surface area contributed by atoms with Gasteiger partial charge in [-0.15, -0.1) is 12.4 Å². The predicted molar refractivity (Wildman–Crippen MR) is 83.7 cm³/mol. The zero-order chi connectivity index (χ0) is 15.4. The van der Waals surface area contributed by atoms with Crippen LogP contribution in [-0.4, -0.2) is 35.2 Å². The van der Waals surface area contributed by atoms with Gasteiger partial charge in [-0.25, -0.2) is 0 Å². The fourth-order valence-electron chi connectivity index (χ4n) is 2.56. The molecule has 0 aromatic heterocycles. The van der Waals surface area contributed by atoms with Gasteiger partial charge in [0.2, 0.25) is 0 Å². The molecule has 0 spiro atoms. The normalized spacial score (nSPS) is 18.8. The molecule has 0 radical (unpaired) electrons. The zero-order valence-corrected chi connectivity index (χ0v) is 14.1. The van der Waals surface area contributed by atoms with E-state index in [0.29, 0.717) is 18.5 Å². The van der Waals surface area contributed by atoms with E-state index in [1.54, 1.807) is 17.0 Å². The van der Waals surface area contributed by atoms with Gasteiger partial charge in [-0.2, -0.15) is 8.78 Å². The second-order valence-electron chi connectivity index (χ2n) is 4.95. The van der Waals surface area contributed by atoms with Crippen LogP contribution in [0.15, 0.2) is 22.7 Å². The maximum absolute atomic E-state index is 12.4. The van der Waals surface area contributed by atoms with Crippen molar-refractivity contribution in [1.29, 1.82) is 0 Å². The molecule has 8 heteroatoms. The van der Waals surface area contributed by atoms with Crippen LogP contribution in [0.5, 0.6) is 5.75 Å². The van der Waals surface area contributed by atoms with Crippen molar-refractivity contribution in [1.82, 2.24) is 4.90 Å². The molecule has 4 nitrogen and oxygen atoms in total. The number of piperidine rings is 1. The highest BCUT2D eigenvalue weighted by atomic mass is 79.9. The summed E-state index contributed by atoms with van der Waals surface area (Å²) in [5.41, 5.74) is 0.554. The Hall–Kier alpha value is -0.920. The molecule has 0 bridgehead atoms. The van der Waals surface area contributed by atoms with Gasteiger partial charge < -0.3 is 9.84 Å². The van der Waals surface area contributed by atoms with Crippen LogP contribution in [0.25, 0.3) is 0 Å². The Labute approximate surface area is 142 Å². The fourth-order valence-corrected chi connectivity index (χ4v) is 2.97. The SMILES string of the molecule is Cl.O=C(O)C1CCCCN1Cc1cc(Br)ccc1OC(F)F. The first kappa shape index (κ1) is 19.1.